The molecule has 37 heavy (non-hydrogen) atoms. The molecule has 190 valence electrons. The first-order valence-corrected chi connectivity index (χ1v) is 12.3. The molecule has 2 aromatic carbocycles. The molecule has 0 radical (unpaired) electrons. The highest BCUT2D eigenvalue weighted by molar-refractivity contribution is 6.06. The van der Waals surface area contributed by atoms with Crippen molar-refractivity contribution in [3.63, 3.8) is 0 Å². The third-order valence-electron chi connectivity index (χ3n) is 7.31. The van der Waals surface area contributed by atoms with Crippen LogP contribution in [0.5, 0.6) is 0 Å². The van der Waals surface area contributed by atoms with Crippen LogP contribution in [0.3, 0.4) is 0 Å². The van der Waals surface area contributed by atoms with Crippen molar-refractivity contribution in [2.24, 2.45) is 0 Å². The van der Waals surface area contributed by atoms with E-state index in [1.165, 1.54) is 28.9 Å². The first kappa shape index (κ1) is 23.3. The number of amides is 3. The minimum Gasteiger partial charge on any atom is -0.369 e. The summed E-state index contributed by atoms with van der Waals surface area (Å²) in [5, 5.41) is 6.50. The van der Waals surface area contributed by atoms with Gasteiger partial charge in [0.15, 0.2) is 0 Å². The Morgan fingerprint density at radius 3 is 2.65 bits per heavy atom. The highest BCUT2D eigenvalue weighted by Crippen LogP contribution is 2.35. The molecule has 0 spiro atoms. The second-order valence-corrected chi connectivity index (χ2v) is 9.62. The van der Waals surface area contributed by atoms with E-state index in [0.29, 0.717) is 24.3 Å². The van der Waals surface area contributed by atoms with E-state index in [0.717, 1.165) is 30.9 Å². The number of aromatic nitrogens is 3. The molecular weight excluding hydrogens is 477 g/mol. The standard InChI is InChI=1S/C26H26FN7O3/c27-18-11-20-21(14-33(26(20)37)22-4-5-24(35)30-25(22)36)23(12-18)32-8-6-31(7-9-32)13-17-2-1-3-19(10-17)34-16-28-15-29-34/h1-3,10-12,15-16,22H,4-9,13-14H2,(H,30,35,36). The van der Waals surface area contributed by atoms with Crippen molar-refractivity contribution >= 4 is 23.4 Å². The summed E-state index contributed by atoms with van der Waals surface area (Å²) in [5.41, 5.74) is 3.86. The number of fused-ring (bicyclic) bond motifs is 1. The summed E-state index contributed by atoms with van der Waals surface area (Å²) in [7, 11) is 0. The molecular formula is C26H26FN7O3. The number of piperidine rings is 1. The molecule has 6 rings (SSSR count). The van der Waals surface area contributed by atoms with Gasteiger partial charge in [0, 0.05) is 62.5 Å². The molecule has 1 N–H and O–H groups in total. The van der Waals surface area contributed by atoms with Crippen LogP contribution in [0.2, 0.25) is 0 Å². The molecule has 1 atom stereocenters. The zero-order valence-electron chi connectivity index (χ0n) is 20.1. The van der Waals surface area contributed by atoms with E-state index in [4.69, 9.17) is 0 Å². The van der Waals surface area contributed by atoms with Gasteiger partial charge in [-0.25, -0.2) is 14.1 Å². The summed E-state index contributed by atoms with van der Waals surface area (Å²) < 4.78 is 16.4. The largest absolute Gasteiger partial charge is 0.369 e. The van der Waals surface area contributed by atoms with Gasteiger partial charge in [-0.3, -0.25) is 24.6 Å². The number of anilines is 1. The van der Waals surface area contributed by atoms with Crippen LogP contribution in [0, 0.1) is 5.82 Å². The molecule has 0 aliphatic carbocycles. The van der Waals surface area contributed by atoms with Gasteiger partial charge in [-0.05, 0) is 36.2 Å². The average Bonchev–Trinajstić information content (AvgIpc) is 3.54. The lowest BCUT2D eigenvalue weighted by molar-refractivity contribution is -0.136. The lowest BCUT2D eigenvalue weighted by Gasteiger charge is -2.37. The molecule has 2 saturated heterocycles. The van der Waals surface area contributed by atoms with E-state index in [1.807, 2.05) is 12.1 Å². The Bertz CT molecular complexity index is 1370. The van der Waals surface area contributed by atoms with Crippen LogP contribution >= 0.6 is 0 Å². The predicted octanol–water partition coefficient (Wildman–Crippen LogP) is 1.49. The van der Waals surface area contributed by atoms with E-state index in [9.17, 15) is 18.8 Å². The van der Waals surface area contributed by atoms with Crippen LogP contribution in [0.4, 0.5) is 10.1 Å². The minimum atomic E-state index is -0.723. The number of piperazine rings is 1. The maximum atomic E-state index is 14.6. The third kappa shape index (κ3) is 4.46. The number of carbonyl (C=O) groups is 3. The molecule has 0 bridgehead atoms. The normalized spacial score (nSPS) is 20.4. The van der Waals surface area contributed by atoms with Gasteiger partial charge < -0.3 is 9.80 Å². The van der Waals surface area contributed by atoms with E-state index in [-0.39, 0.29) is 31.2 Å². The lowest BCUT2D eigenvalue weighted by Crippen LogP contribution is -2.52. The van der Waals surface area contributed by atoms with Gasteiger partial charge in [0.2, 0.25) is 11.8 Å². The Morgan fingerprint density at radius 1 is 1.05 bits per heavy atom. The number of benzene rings is 2. The zero-order valence-corrected chi connectivity index (χ0v) is 20.1. The SMILES string of the molecule is O=C1CCC(N2Cc3c(cc(F)cc3N3CCN(Cc4cccc(-n5cncn5)c4)CC3)C2=O)C(=O)N1. The quantitative estimate of drug-likeness (QED) is 0.526. The van der Waals surface area contributed by atoms with Gasteiger partial charge >= 0.3 is 0 Å². The zero-order chi connectivity index (χ0) is 25.5. The smallest absolute Gasteiger partial charge is 0.255 e. The molecule has 2 fully saturated rings. The van der Waals surface area contributed by atoms with Crippen LogP contribution < -0.4 is 10.2 Å². The van der Waals surface area contributed by atoms with Crippen LogP contribution in [0.25, 0.3) is 5.69 Å². The summed E-state index contributed by atoms with van der Waals surface area (Å²) in [4.78, 5) is 47.0. The predicted molar refractivity (Wildman–Crippen MR) is 131 cm³/mol. The topological polar surface area (TPSA) is 104 Å². The van der Waals surface area contributed by atoms with E-state index < -0.39 is 17.8 Å². The minimum absolute atomic E-state index is 0.182. The van der Waals surface area contributed by atoms with Crippen LogP contribution in [0.15, 0.2) is 49.1 Å². The Balaban J connectivity index is 1.15. The van der Waals surface area contributed by atoms with Gasteiger partial charge in [0.25, 0.3) is 5.91 Å². The van der Waals surface area contributed by atoms with Gasteiger partial charge in [-0.15, -0.1) is 0 Å². The summed E-state index contributed by atoms with van der Waals surface area (Å²) in [6.45, 7) is 3.94. The summed E-state index contributed by atoms with van der Waals surface area (Å²) >= 11 is 0. The molecule has 4 heterocycles. The fourth-order valence-electron chi connectivity index (χ4n) is 5.43. The fraction of sp³-hybridized carbons (Fsp3) is 0.346. The number of nitrogens with zero attached hydrogens (tertiary/aromatic N) is 6. The first-order valence-electron chi connectivity index (χ1n) is 12.3. The number of rotatable bonds is 5. The number of halogens is 1. The van der Waals surface area contributed by atoms with Crippen molar-refractivity contribution in [3.05, 3.63) is 71.6 Å². The summed E-state index contributed by atoms with van der Waals surface area (Å²) in [6, 6.07) is 10.2. The van der Waals surface area contributed by atoms with Gasteiger partial charge in [0.1, 0.15) is 24.5 Å². The molecule has 1 unspecified atom stereocenters. The molecule has 10 nitrogen and oxygen atoms in total. The molecule has 3 aliphatic heterocycles. The summed E-state index contributed by atoms with van der Waals surface area (Å²) in [6.07, 6.45) is 3.63. The highest BCUT2D eigenvalue weighted by atomic mass is 19.1. The molecule has 11 heteroatoms. The Labute approximate surface area is 212 Å². The molecule has 3 aliphatic rings. The van der Waals surface area contributed by atoms with Gasteiger partial charge in [0.05, 0.1) is 5.69 Å². The van der Waals surface area contributed by atoms with E-state index in [1.54, 1.807) is 11.0 Å². The van der Waals surface area contributed by atoms with Crippen molar-refractivity contribution < 1.29 is 18.8 Å². The highest BCUT2D eigenvalue weighted by Gasteiger charge is 2.41. The van der Waals surface area contributed by atoms with Crippen LogP contribution in [0.1, 0.15) is 34.3 Å². The maximum Gasteiger partial charge on any atom is 0.255 e. The van der Waals surface area contributed by atoms with Gasteiger partial charge in [-0.1, -0.05) is 12.1 Å². The molecule has 3 aromatic rings. The van der Waals surface area contributed by atoms with Gasteiger partial charge in [-0.2, -0.15) is 5.10 Å². The summed E-state index contributed by atoms with van der Waals surface area (Å²) in [5.74, 6) is -1.64. The molecule has 0 saturated carbocycles. The number of imide groups is 1. The Kier molecular flexibility index (Phi) is 5.91. The maximum absolute atomic E-state index is 14.6. The van der Waals surface area contributed by atoms with Crippen molar-refractivity contribution in [2.45, 2.75) is 32.0 Å². The van der Waals surface area contributed by atoms with Crippen molar-refractivity contribution in [1.29, 1.82) is 0 Å². The number of nitrogens with one attached hydrogen (secondary N) is 1. The van der Waals surface area contributed by atoms with Crippen molar-refractivity contribution in [3.8, 4) is 5.69 Å². The Morgan fingerprint density at radius 2 is 1.89 bits per heavy atom. The monoisotopic (exact) mass is 503 g/mol. The number of hydrogen-bond acceptors (Lipinski definition) is 7. The number of hydrogen-bond donors (Lipinski definition) is 1. The van der Waals surface area contributed by atoms with E-state index >= 15 is 0 Å². The first-order chi connectivity index (χ1) is 18.0. The average molecular weight is 504 g/mol. The molecule has 1 aromatic heterocycles. The third-order valence-corrected chi connectivity index (χ3v) is 7.31. The van der Waals surface area contributed by atoms with E-state index in [2.05, 4.69) is 37.3 Å². The lowest BCUT2D eigenvalue weighted by atomic mass is 10.0. The van der Waals surface area contributed by atoms with Crippen molar-refractivity contribution in [2.75, 3.05) is 31.1 Å². The van der Waals surface area contributed by atoms with Crippen LogP contribution in [-0.4, -0.2) is 74.5 Å². The van der Waals surface area contributed by atoms with Crippen LogP contribution in [-0.2, 0) is 22.7 Å². The Hall–Kier alpha value is -4.12. The second kappa shape index (κ2) is 9.40. The number of carbonyl (C=O) groups excluding carboxylic acids is 3. The molecule has 3 amide bonds. The second-order valence-electron chi connectivity index (χ2n) is 9.62. The fourth-order valence-corrected chi connectivity index (χ4v) is 5.43. The van der Waals surface area contributed by atoms with Crippen molar-refractivity contribution in [1.82, 2.24) is 29.9 Å².